The van der Waals surface area contributed by atoms with Crippen molar-refractivity contribution in [2.75, 3.05) is 0 Å². The summed E-state index contributed by atoms with van der Waals surface area (Å²) in [7, 11) is 0. The number of hydrogen-bond donors (Lipinski definition) is 0. The van der Waals surface area contributed by atoms with Crippen LogP contribution in [0.3, 0.4) is 0 Å². The minimum Gasteiger partial charge on any atom is -0.779 e. The van der Waals surface area contributed by atoms with Crippen LogP contribution >= 0.6 is 0 Å². The first-order valence-electron chi connectivity index (χ1n) is 6.40. The Morgan fingerprint density at radius 2 is 1.05 bits per heavy atom. The zero-order valence-corrected chi connectivity index (χ0v) is 15.6. The first-order chi connectivity index (χ1) is 9.69. The van der Waals surface area contributed by atoms with E-state index in [9.17, 15) is 0 Å². The molecule has 112 valence electrons. The maximum absolute atomic E-state index is 5.07. The fraction of sp³-hybridized carbons (Fsp3) is 0.111. The minimum absolute atomic E-state index is 0. The van der Waals surface area contributed by atoms with Crippen LogP contribution in [0.25, 0.3) is 0 Å². The Morgan fingerprint density at radius 1 is 0.714 bits per heavy atom. The Hall–Kier alpha value is -0.952. The van der Waals surface area contributed by atoms with E-state index in [1.165, 1.54) is 11.1 Å². The van der Waals surface area contributed by atoms with Gasteiger partial charge in [0.05, 0.1) is 0 Å². The Balaban J connectivity index is 0.000000364. The molecule has 0 nitrogen and oxygen atoms in total. The molecule has 0 radical (unpaired) electrons. The molecule has 0 bridgehead atoms. The monoisotopic (exact) mass is 493 g/mol. The van der Waals surface area contributed by atoms with E-state index >= 15 is 0 Å². The quantitative estimate of drug-likeness (QED) is 0.450. The molecule has 0 aliphatic rings. The summed E-state index contributed by atoms with van der Waals surface area (Å²) in [6, 6.07) is 15.8. The van der Waals surface area contributed by atoms with Crippen molar-refractivity contribution in [1.29, 1.82) is 0 Å². The molecule has 0 saturated carbocycles. The van der Waals surface area contributed by atoms with E-state index in [0.717, 1.165) is 22.6 Å². The third kappa shape index (κ3) is 7.57. The van der Waals surface area contributed by atoms with Gasteiger partial charge in [-0.3, -0.25) is 0 Å². The zero-order valence-electron chi connectivity index (χ0n) is 11.7. The fourth-order valence-electron chi connectivity index (χ4n) is 1.66. The minimum atomic E-state index is 0. The molecule has 0 aromatic heterocycles. The summed E-state index contributed by atoms with van der Waals surface area (Å²) in [5.74, 6) is 0. The summed E-state index contributed by atoms with van der Waals surface area (Å²) in [4.78, 5) is 1.87. The van der Waals surface area contributed by atoms with E-state index < -0.39 is 0 Å². The van der Waals surface area contributed by atoms with E-state index in [-0.39, 0.29) is 21.1 Å². The van der Waals surface area contributed by atoms with E-state index in [1.807, 2.05) is 60.7 Å². The van der Waals surface area contributed by atoms with Gasteiger partial charge in [-0.25, -0.2) is 0 Å². The SMILES string of the molecule is C=CCc1ccccc1[S-].C=CCc1ccccc1[S-].[Pt+2]. The van der Waals surface area contributed by atoms with Crippen molar-refractivity contribution in [2.24, 2.45) is 0 Å². The molecule has 0 amide bonds. The third-order valence-corrected chi connectivity index (χ3v) is 3.47. The van der Waals surface area contributed by atoms with Crippen LogP contribution in [0.4, 0.5) is 0 Å². The Morgan fingerprint density at radius 3 is 1.33 bits per heavy atom. The van der Waals surface area contributed by atoms with Gasteiger partial charge in [-0.2, -0.15) is 9.79 Å². The van der Waals surface area contributed by atoms with Gasteiger partial charge < -0.3 is 25.3 Å². The molecule has 0 saturated heterocycles. The first-order valence-corrected chi connectivity index (χ1v) is 7.22. The molecule has 0 unspecified atom stereocenters. The van der Waals surface area contributed by atoms with Crippen LogP contribution in [-0.2, 0) is 59.2 Å². The normalized spacial score (nSPS) is 8.76. The van der Waals surface area contributed by atoms with Crippen molar-refractivity contribution >= 4 is 25.3 Å². The second kappa shape index (κ2) is 11.7. The van der Waals surface area contributed by atoms with Crippen LogP contribution < -0.4 is 0 Å². The van der Waals surface area contributed by atoms with Crippen LogP contribution in [0.15, 0.2) is 83.6 Å². The maximum Gasteiger partial charge on any atom is 2.00 e. The predicted molar refractivity (Wildman–Crippen MR) is 91.9 cm³/mol. The van der Waals surface area contributed by atoms with E-state index in [1.54, 1.807) is 0 Å². The van der Waals surface area contributed by atoms with E-state index in [2.05, 4.69) is 13.2 Å². The molecule has 0 fully saturated rings. The molecule has 2 aromatic carbocycles. The van der Waals surface area contributed by atoms with Crippen molar-refractivity contribution < 1.29 is 21.1 Å². The van der Waals surface area contributed by atoms with Crippen LogP contribution in [0.5, 0.6) is 0 Å². The van der Waals surface area contributed by atoms with E-state index in [4.69, 9.17) is 25.3 Å². The summed E-state index contributed by atoms with van der Waals surface area (Å²) in [6.45, 7) is 7.30. The summed E-state index contributed by atoms with van der Waals surface area (Å²) < 4.78 is 0. The van der Waals surface area contributed by atoms with Gasteiger partial charge in [0.25, 0.3) is 0 Å². The van der Waals surface area contributed by atoms with E-state index in [0.29, 0.717) is 0 Å². The Kier molecular flexibility index (Phi) is 11.2. The summed E-state index contributed by atoms with van der Waals surface area (Å²) in [5.41, 5.74) is 2.38. The average molecular weight is 494 g/mol. The van der Waals surface area contributed by atoms with Crippen molar-refractivity contribution in [3.8, 4) is 0 Å². The molecular formula is C18H18PtS2. The van der Waals surface area contributed by atoms with Gasteiger partial charge in [0.15, 0.2) is 0 Å². The van der Waals surface area contributed by atoms with Crippen molar-refractivity contribution in [2.45, 2.75) is 22.6 Å². The second-order valence-corrected chi connectivity index (χ2v) is 5.08. The van der Waals surface area contributed by atoms with Crippen molar-refractivity contribution in [3.05, 3.63) is 85.0 Å². The van der Waals surface area contributed by atoms with Gasteiger partial charge in [-0.1, -0.05) is 71.8 Å². The van der Waals surface area contributed by atoms with Crippen molar-refractivity contribution in [1.82, 2.24) is 0 Å². The van der Waals surface area contributed by atoms with Crippen LogP contribution in [0.2, 0.25) is 0 Å². The molecule has 0 atom stereocenters. The van der Waals surface area contributed by atoms with Gasteiger partial charge in [0, 0.05) is 0 Å². The number of hydrogen-bond acceptors (Lipinski definition) is 2. The molecule has 21 heavy (non-hydrogen) atoms. The average Bonchev–Trinajstić information content (AvgIpc) is 2.45. The Bertz CT molecular complexity index is 513. The molecule has 3 heteroatoms. The molecule has 0 spiro atoms. The summed E-state index contributed by atoms with van der Waals surface area (Å²) in [6.07, 6.45) is 5.48. The number of rotatable bonds is 4. The van der Waals surface area contributed by atoms with Gasteiger partial charge in [0.1, 0.15) is 0 Å². The second-order valence-electron chi connectivity index (χ2n) is 4.20. The van der Waals surface area contributed by atoms with Crippen LogP contribution in [0.1, 0.15) is 11.1 Å². The van der Waals surface area contributed by atoms with Gasteiger partial charge in [0.2, 0.25) is 0 Å². The van der Waals surface area contributed by atoms with Gasteiger partial charge >= 0.3 is 21.1 Å². The standard InChI is InChI=1S/2C9H10S.Pt/c2*1-2-5-8-6-3-4-7-9(8)10;/h2*2-4,6-7,10H,1,5H2;/q;;+2/p-2. The number of benzene rings is 2. The summed E-state index contributed by atoms with van der Waals surface area (Å²) >= 11 is 10.1. The predicted octanol–water partition coefficient (Wildman–Crippen LogP) is 4.64. The Labute approximate surface area is 153 Å². The molecular weight excluding hydrogens is 475 g/mol. The van der Waals surface area contributed by atoms with Crippen molar-refractivity contribution in [3.63, 3.8) is 0 Å². The van der Waals surface area contributed by atoms with Crippen LogP contribution in [0, 0.1) is 0 Å². The largest absolute Gasteiger partial charge is 2.00 e. The van der Waals surface area contributed by atoms with Gasteiger partial charge in [-0.05, 0) is 12.8 Å². The molecule has 0 heterocycles. The topological polar surface area (TPSA) is 0 Å². The molecule has 0 aliphatic carbocycles. The maximum atomic E-state index is 5.07. The van der Waals surface area contributed by atoms with Crippen LogP contribution in [-0.4, -0.2) is 0 Å². The fourth-order valence-corrected chi connectivity index (χ4v) is 2.12. The third-order valence-electron chi connectivity index (χ3n) is 2.67. The smallest absolute Gasteiger partial charge is 0.779 e. The summed E-state index contributed by atoms with van der Waals surface area (Å²) in [5, 5.41) is 0. The number of allylic oxidation sites excluding steroid dienone is 2. The molecule has 2 rings (SSSR count). The molecule has 0 aliphatic heterocycles. The zero-order chi connectivity index (χ0) is 14.8. The molecule has 2 aromatic rings. The first kappa shape index (κ1) is 20.0. The van der Waals surface area contributed by atoms with Gasteiger partial charge in [-0.15, -0.1) is 13.2 Å². The molecule has 0 N–H and O–H groups in total.